The first-order valence-electron chi connectivity index (χ1n) is 9.42. The van der Waals surface area contributed by atoms with Gasteiger partial charge in [-0.3, -0.25) is 14.5 Å². The summed E-state index contributed by atoms with van der Waals surface area (Å²) in [5.74, 6) is -0.00504. The van der Waals surface area contributed by atoms with Crippen LogP contribution in [-0.2, 0) is 16.1 Å². The minimum Gasteiger partial charge on any atom is -0.490 e. The Morgan fingerprint density at radius 3 is 1.90 bits per heavy atom. The van der Waals surface area contributed by atoms with E-state index in [4.69, 9.17) is 31.2 Å². The van der Waals surface area contributed by atoms with Crippen molar-refractivity contribution in [2.75, 3.05) is 46.7 Å². The van der Waals surface area contributed by atoms with Crippen molar-refractivity contribution < 1.29 is 28.5 Å². The van der Waals surface area contributed by atoms with E-state index in [1.165, 1.54) is 28.1 Å². The zero-order valence-electron chi connectivity index (χ0n) is 18.2. The summed E-state index contributed by atoms with van der Waals surface area (Å²) in [6, 6.07) is 0. The lowest BCUT2D eigenvalue weighted by Gasteiger charge is -2.36. The Balaban J connectivity index is 2.47. The van der Waals surface area contributed by atoms with Gasteiger partial charge in [0.2, 0.25) is 11.5 Å². The standard InChI is InChI=1S/C20H28N2O6S2/c1-12-15(11-21-7-9-22(10-8-21)20(29)30-6)17(28-14(3)24)19(26-5)18(25-4)16(12)27-13(2)23/h7-11H2,1-6H3. The molecule has 0 atom stereocenters. The van der Waals surface area contributed by atoms with Crippen LogP contribution in [0.25, 0.3) is 0 Å². The lowest BCUT2D eigenvalue weighted by atomic mass is 10.0. The van der Waals surface area contributed by atoms with Crippen molar-refractivity contribution >= 4 is 40.2 Å². The number of esters is 2. The lowest BCUT2D eigenvalue weighted by Crippen LogP contribution is -2.47. The number of hydrogen-bond acceptors (Lipinski definition) is 9. The Labute approximate surface area is 186 Å². The third-order valence-electron chi connectivity index (χ3n) is 4.77. The normalized spacial score (nSPS) is 14.3. The molecule has 0 unspecified atom stereocenters. The largest absolute Gasteiger partial charge is 0.490 e. The maximum atomic E-state index is 11.8. The second-order valence-electron chi connectivity index (χ2n) is 6.75. The third kappa shape index (κ3) is 5.55. The average molecular weight is 457 g/mol. The molecule has 1 saturated heterocycles. The molecule has 1 heterocycles. The second kappa shape index (κ2) is 10.8. The number of thiocarbonyl (C=S) groups is 1. The van der Waals surface area contributed by atoms with Gasteiger partial charge in [0.15, 0.2) is 11.5 Å². The average Bonchev–Trinajstić information content (AvgIpc) is 2.71. The lowest BCUT2D eigenvalue weighted by molar-refractivity contribution is -0.133. The van der Waals surface area contributed by atoms with Gasteiger partial charge >= 0.3 is 11.9 Å². The SMILES string of the molecule is COc1c(OC(C)=O)c(C)c(CN2CCN(C(=S)SC)CC2)c(OC(C)=O)c1OC. The van der Waals surface area contributed by atoms with E-state index < -0.39 is 11.9 Å². The number of ether oxygens (including phenoxy) is 4. The molecular formula is C20H28N2O6S2. The van der Waals surface area contributed by atoms with Crippen LogP contribution in [0.3, 0.4) is 0 Å². The van der Waals surface area contributed by atoms with Crippen LogP contribution in [0.2, 0.25) is 0 Å². The maximum absolute atomic E-state index is 11.8. The summed E-state index contributed by atoms with van der Waals surface area (Å²) in [6.45, 7) is 8.14. The summed E-state index contributed by atoms with van der Waals surface area (Å²) in [4.78, 5) is 27.9. The van der Waals surface area contributed by atoms with Crippen molar-refractivity contribution in [1.29, 1.82) is 0 Å². The predicted molar refractivity (Wildman–Crippen MR) is 120 cm³/mol. The molecule has 0 saturated carbocycles. The summed E-state index contributed by atoms with van der Waals surface area (Å²) in [5.41, 5.74) is 1.36. The molecule has 0 aliphatic carbocycles. The zero-order chi connectivity index (χ0) is 22.4. The molecule has 1 aromatic carbocycles. The molecule has 0 amide bonds. The van der Waals surface area contributed by atoms with Gasteiger partial charge in [-0.1, -0.05) is 12.2 Å². The highest BCUT2D eigenvalue weighted by molar-refractivity contribution is 8.22. The number of piperazine rings is 1. The molecule has 30 heavy (non-hydrogen) atoms. The molecule has 0 spiro atoms. The number of hydrogen-bond donors (Lipinski definition) is 0. The van der Waals surface area contributed by atoms with Crippen molar-refractivity contribution in [3.63, 3.8) is 0 Å². The van der Waals surface area contributed by atoms with Gasteiger partial charge in [-0.15, -0.1) is 11.8 Å². The fraction of sp³-hybridized carbons (Fsp3) is 0.550. The fourth-order valence-corrected chi connectivity index (χ4v) is 3.97. The summed E-state index contributed by atoms with van der Waals surface area (Å²) < 4.78 is 22.8. The van der Waals surface area contributed by atoms with Gasteiger partial charge in [-0.25, -0.2) is 0 Å². The highest BCUT2D eigenvalue weighted by atomic mass is 32.2. The van der Waals surface area contributed by atoms with Crippen LogP contribution in [0.1, 0.15) is 25.0 Å². The van der Waals surface area contributed by atoms with Crippen LogP contribution in [0.4, 0.5) is 0 Å². The number of benzene rings is 1. The van der Waals surface area contributed by atoms with Crippen LogP contribution in [0.5, 0.6) is 23.0 Å². The molecule has 0 N–H and O–H groups in total. The number of rotatable bonds is 6. The molecule has 0 radical (unpaired) electrons. The first-order chi connectivity index (χ1) is 14.2. The van der Waals surface area contributed by atoms with Gasteiger partial charge in [0.1, 0.15) is 4.32 Å². The van der Waals surface area contributed by atoms with E-state index in [1.807, 2.05) is 13.2 Å². The Morgan fingerprint density at radius 1 is 0.933 bits per heavy atom. The number of carbonyl (C=O) groups is 2. The van der Waals surface area contributed by atoms with E-state index in [2.05, 4.69) is 9.80 Å². The minimum atomic E-state index is -0.483. The summed E-state index contributed by atoms with van der Waals surface area (Å²) in [5, 5.41) is 0. The van der Waals surface area contributed by atoms with E-state index >= 15 is 0 Å². The van der Waals surface area contributed by atoms with Gasteiger partial charge in [-0.05, 0) is 13.2 Å². The van der Waals surface area contributed by atoms with E-state index in [0.717, 1.165) is 30.5 Å². The number of methoxy groups -OCH3 is 2. The molecule has 1 aliphatic rings. The first-order valence-corrected chi connectivity index (χ1v) is 11.1. The number of carbonyl (C=O) groups excluding carboxylic acids is 2. The minimum absolute atomic E-state index is 0.209. The molecule has 0 bridgehead atoms. The van der Waals surface area contributed by atoms with Crippen LogP contribution in [0.15, 0.2) is 0 Å². The quantitative estimate of drug-likeness (QED) is 0.362. The maximum Gasteiger partial charge on any atom is 0.308 e. The molecule has 166 valence electrons. The highest BCUT2D eigenvalue weighted by Crippen LogP contribution is 2.50. The summed E-state index contributed by atoms with van der Waals surface area (Å²) in [6.07, 6.45) is 1.98. The Hall–Kier alpha value is -2.04. The number of thioether (sulfide) groups is 1. The molecular weight excluding hydrogens is 428 g/mol. The Bertz CT molecular complexity index is 822. The van der Waals surface area contributed by atoms with Crippen molar-refractivity contribution in [1.82, 2.24) is 9.80 Å². The first kappa shape index (κ1) is 24.2. The second-order valence-corrected chi connectivity index (χ2v) is 8.19. The van der Waals surface area contributed by atoms with Crippen molar-refractivity contribution in [3.05, 3.63) is 11.1 Å². The summed E-state index contributed by atoms with van der Waals surface area (Å²) >= 11 is 6.95. The van der Waals surface area contributed by atoms with Crippen LogP contribution in [0, 0.1) is 6.92 Å². The molecule has 1 aliphatic heterocycles. The van der Waals surface area contributed by atoms with E-state index in [9.17, 15) is 9.59 Å². The van der Waals surface area contributed by atoms with E-state index in [-0.39, 0.29) is 23.0 Å². The Morgan fingerprint density at radius 2 is 1.43 bits per heavy atom. The van der Waals surface area contributed by atoms with Gasteiger partial charge in [-0.2, -0.15) is 0 Å². The fourth-order valence-electron chi connectivity index (χ4n) is 3.34. The van der Waals surface area contributed by atoms with Crippen LogP contribution in [-0.4, -0.2) is 72.7 Å². The van der Waals surface area contributed by atoms with Crippen LogP contribution < -0.4 is 18.9 Å². The molecule has 10 heteroatoms. The topological polar surface area (TPSA) is 77.5 Å². The third-order valence-corrected chi connectivity index (χ3v) is 6.14. The smallest absolute Gasteiger partial charge is 0.308 e. The van der Waals surface area contributed by atoms with E-state index in [1.54, 1.807) is 11.8 Å². The zero-order valence-corrected chi connectivity index (χ0v) is 19.8. The van der Waals surface area contributed by atoms with Crippen molar-refractivity contribution in [2.24, 2.45) is 0 Å². The predicted octanol–water partition coefficient (Wildman–Crippen LogP) is 2.63. The molecule has 0 aromatic heterocycles. The van der Waals surface area contributed by atoms with Gasteiger partial charge < -0.3 is 23.8 Å². The van der Waals surface area contributed by atoms with Gasteiger partial charge in [0.05, 0.1) is 14.2 Å². The Kier molecular flexibility index (Phi) is 8.75. The molecule has 8 nitrogen and oxygen atoms in total. The molecule has 1 fully saturated rings. The van der Waals surface area contributed by atoms with Crippen LogP contribution >= 0.6 is 24.0 Å². The van der Waals surface area contributed by atoms with E-state index in [0.29, 0.717) is 17.7 Å². The molecule has 1 aromatic rings. The highest BCUT2D eigenvalue weighted by Gasteiger charge is 2.30. The van der Waals surface area contributed by atoms with Crippen molar-refractivity contribution in [3.8, 4) is 23.0 Å². The molecule has 2 rings (SSSR count). The monoisotopic (exact) mass is 456 g/mol. The van der Waals surface area contributed by atoms with Crippen molar-refractivity contribution in [2.45, 2.75) is 27.3 Å². The van der Waals surface area contributed by atoms with Gasteiger partial charge in [0, 0.05) is 57.7 Å². The summed E-state index contributed by atoms with van der Waals surface area (Å²) in [7, 11) is 2.89. The number of nitrogens with zero attached hydrogens (tertiary/aromatic N) is 2. The van der Waals surface area contributed by atoms with Gasteiger partial charge in [0.25, 0.3) is 0 Å².